The first kappa shape index (κ1) is 14.6. The van der Waals surface area contributed by atoms with Gasteiger partial charge in [-0.05, 0) is 46.8 Å². The topological polar surface area (TPSA) is 17.1 Å². The van der Waals surface area contributed by atoms with Gasteiger partial charge in [-0.3, -0.25) is 4.79 Å². The van der Waals surface area contributed by atoms with Crippen LogP contribution in [0.3, 0.4) is 0 Å². The second kappa shape index (κ2) is 6.12. The molecule has 0 amide bonds. The Bertz CT molecular complexity index is 487. The van der Waals surface area contributed by atoms with Crippen molar-refractivity contribution in [2.24, 2.45) is 11.8 Å². The van der Waals surface area contributed by atoms with E-state index in [0.717, 1.165) is 38.2 Å². The van der Waals surface area contributed by atoms with Crippen LogP contribution >= 0.6 is 15.9 Å². The van der Waals surface area contributed by atoms with Crippen molar-refractivity contribution < 1.29 is 13.6 Å². The summed E-state index contributed by atoms with van der Waals surface area (Å²) in [6.45, 7) is 2.10. The number of rotatable bonds is 3. The molecule has 0 radical (unpaired) electrons. The molecule has 1 aromatic carbocycles. The zero-order valence-corrected chi connectivity index (χ0v) is 12.5. The van der Waals surface area contributed by atoms with Gasteiger partial charge in [0.2, 0.25) is 0 Å². The maximum Gasteiger partial charge on any atom is 0.171 e. The second-order valence-corrected chi connectivity index (χ2v) is 6.07. The molecule has 1 aliphatic rings. The van der Waals surface area contributed by atoms with Crippen molar-refractivity contribution >= 4 is 21.7 Å². The predicted octanol–water partition coefficient (Wildman–Crippen LogP) is 5.13. The van der Waals surface area contributed by atoms with E-state index in [-0.39, 0.29) is 21.7 Å². The molecule has 0 spiro atoms. The number of carbonyl (C=O) groups excluding carboxylic acids is 1. The summed E-state index contributed by atoms with van der Waals surface area (Å²) in [4.78, 5) is 12.4. The monoisotopic (exact) mass is 330 g/mol. The first-order valence-corrected chi connectivity index (χ1v) is 7.51. The average Bonchev–Trinajstić information content (AvgIpc) is 2.43. The summed E-state index contributed by atoms with van der Waals surface area (Å²) in [5.74, 6) is -1.65. The molecule has 2 rings (SSSR count). The van der Waals surface area contributed by atoms with Crippen molar-refractivity contribution in [3.8, 4) is 0 Å². The summed E-state index contributed by atoms with van der Waals surface area (Å²) < 4.78 is 27.8. The third kappa shape index (κ3) is 3.04. The molecule has 0 bridgehead atoms. The fourth-order valence-corrected chi connectivity index (χ4v) is 3.19. The second-order valence-electron chi connectivity index (χ2n) is 5.22. The fourth-order valence-electron chi connectivity index (χ4n) is 2.86. The summed E-state index contributed by atoms with van der Waals surface area (Å²) >= 11 is 3.00. The quantitative estimate of drug-likeness (QED) is 0.554. The molecule has 2 atom stereocenters. The van der Waals surface area contributed by atoms with Crippen molar-refractivity contribution in [1.82, 2.24) is 0 Å². The van der Waals surface area contributed by atoms with Crippen LogP contribution < -0.4 is 0 Å². The van der Waals surface area contributed by atoms with E-state index in [2.05, 4.69) is 22.9 Å². The van der Waals surface area contributed by atoms with E-state index < -0.39 is 11.6 Å². The Labute approximate surface area is 120 Å². The molecule has 4 heteroatoms. The van der Waals surface area contributed by atoms with Gasteiger partial charge in [-0.2, -0.15) is 0 Å². The highest BCUT2D eigenvalue weighted by molar-refractivity contribution is 9.10. The number of Topliss-reactive ketones (excluding diaryl/α,β-unsaturated/α-hetero) is 1. The van der Waals surface area contributed by atoms with Crippen LogP contribution in [0.25, 0.3) is 0 Å². The highest BCUT2D eigenvalue weighted by Crippen LogP contribution is 2.34. The fraction of sp³-hybridized carbons (Fsp3) is 0.533. The van der Waals surface area contributed by atoms with Crippen molar-refractivity contribution in [3.05, 3.63) is 33.8 Å². The molecular formula is C15H17BrF2O. The van der Waals surface area contributed by atoms with E-state index in [4.69, 9.17) is 0 Å². The number of halogens is 3. The highest BCUT2D eigenvalue weighted by atomic mass is 79.9. The summed E-state index contributed by atoms with van der Waals surface area (Å²) in [6.07, 6.45) is 4.59. The lowest BCUT2D eigenvalue weighted by molar-refractivity contribution is 0.0853. The van der Waals surface area contributed by atoms with Gasteiger partial charge in [0.05, 0.1) is 10.0 Å². The standard InChI is InChI=1S/C15H17BrF2O/c1-2-9-4-3-5-10(8-9)15(19)13-12(17)7-6-11(16)14(13)18/h6-7,9-10H,2-5,8H2,1H3. The normalized spacial score (nSPS) is 23.4. The third-order valence-corrected chi connectivity index (χ3v) is 4.63. The van der Waals surface area contributed by atoms with Crippen LogP contribution in [-0.4, -0.2) is 5.78 Å². The van der Waals surface area contributed by atoms with Crippen molar-refractivity contribution in [3.63, 3.8) is 0 Å². The van der Waals surface area contributed by atoms with E-state index in [1.54, 1.807) is 0 Å². The summed E-state index contributed by atoms with van der Waals surface area (Å²) in [5, 5.41) is 0. The molecule has 0 saturated heterocycles. The first-order valence-electron chi connectivity index (χ1n) is 6.72. The van der Waals surface area contributed by atoms with Crippen LogP contribution in [0.5, 0.6) is 0 Å². The molecule has 0 N–H and O–H groups in total. The summed E-state index contributed by atoms with van der Waals surface area (Å²) in [6, 6.07) is 2.43. The maximum atomic E-state index is 13.9. The van der Waals surface area contributed by atoms with Gasteiger partial charge >= 0.3 is 0 Å². The largest absolute Gasteiger partial charge is 0.294 e. The van der Waals surface area contributed by atoms with Crippen molar-refractivity contribution in [2.75, 3.05) is 0 Å². The minimum Gasteiger partial charge on any atom is -0.294 e. The van der Waals surface area contributed by atoms with E-state index in [9.17, 15) is 13.6 Å². The van der Waals surface area contributed by atoms with Crippen LogP contribution in [0, 0.1) is 23.5 Å². The van der Waals surface area contributed by atoms with Gasteiger partial charge < -0.3 is 0 Å². The summed E-state index contributed by atoms with van der Waals surface area (Å²) in [5.41, 5.74) is -0.379. The molecule has 0 heterocycles. The minimum absolute atomic E-state index is 0.139. The molecule has 1 fully saturated rings. The van der Waals surface area contributed by atoms with E-state index in [1.165, 1.54) is 6.07 Å². The number of carbonyl (C=O) groups is 1. The van der Waals surface area contributed by atoms with E-state index in [0.29, 0.717) is 5.92 Å². The summed E-state index contributed by atoms with van der Waals surface area (Å²) in [7, 11) is 0. The molecule has 2 unspecified atom stereocenters. The van der Waals surface area contributed by atoms with Crippen LogP contribution in [0.1, 0.15) is 49.4 Å². The Morgan fingerprint density at radius 3 is 2.79 bits per heavy atom. The van der Waals surface area contributed by atoms with E-state index in [1.807, 2.05) is 0 Å². The lowest BCUT2D eigenvalue weighted by atomic mass is 9.77. The molecular weight excluding hydrogens is 314 g/mol. The number of hydrogen-bond acceptors (Lipinski definition) is 1. The van der Waals surface area contributed by atoms with Crippen LogP contribution in [0.4, 0.5) is 8.78 Å². The minimum atomic E-state index is -0.774. The highest BCUT2D eigenvalue weighted by Gasteiger charge is 2.30. The Morgan fingerprint density at radius 2 is 2.11 bits per heavy atom. The van der Waals surface area contributed by atoms with Gasteiger partial charge in [-0.25, -0.2) is 8.78 Å². The van der Waals surface area contributed by atoms with Gasteiger partial charge in [0, 0.05) is 5.92 Å². The molecule has 104 valence electrons. The van der Waals surface area contributed by atoms with Gasteiger partial charge in [0.15, 0.2) is 11.6 Å². The lowest BCUT2D eigenvalue weighted by Gasteiger charge is -2.27. The number of hydrogen-bond donors (Lipinski definition) is 0. The molecule has 0 aliphatic heterocycles. The molecule has 1 nitrogen and oxygen atoms in total. The Balaban J connectivity index is 2.27. The zero-order chi connectivity index (χ0) is 14.0. The SMILES string of the molecule is CCC1CCCC(C(=O)c2c(F)ccc(Br)c2F)C1. The van der Waals surface area contributed by atoms with Crippen molar-refractivity contribution in [1.29, 1.82) is 0 Å². The van der Waals surface area contributed by atoms with Crippen LogP contribution in [0.15, 0.2) is 16.6 Å². The Morgan fingerprint density at radius 1 is 1.37 bits per heavy atom. The van der Waals surface area contributed by atoms with Crippen molar-refractivity contribution in [2.45, 2.75) is 39.0 Å². The smallest absolute Gasteiger partial charge is 0.171 e. The number of ketones is 1. The van der Waals surface area contributed by atoms with Gasteiger partial charge in [0.1, 0.15) is 5.82 Å². The predicted molar refractivity (Wildman–Crippen MR) is 74.1 cm³/mol. The molecule has 19 heavy (non-hydrogen) atoms. The van der Waals surface area contributed by atoms with Gasteiger partial charge in [-0.15, -0.1) is 0 Å². The molecule has 0 aromatic heterocycles. The average molecular weight is 331 g/mol. The number of benzene rings is 1. The lowest BCUT2D eigenvalue weighted by Crippen LogP contribution is -2.24. The molecule has 1 saturated carbocycles. The Hall–Kier alpha value is -0.770. The van der Waals surface area contributed by atoms with Gasteiger partial charge in [0.25, 0.3) is 0 Å². The van der Waals surface area contributed by atoms with Crippen LogP contribution in [0.2, 0.25) is 0 Å². The van der Waals surface area contributed by atoms with Gasteiger partial charge in [-0.1, -0.05) is 26.2 Å². The van der Waals surface area contributed by atoms with Crippen LogP contribution in [-0.2, 0) is 0 Å². The first-order chi connectivity index (χ1) is 9.04. The molecule has 1 aromatic rings. The van der Waals surface area contributed by atoms with E-state index >= 15 is 0 Å². The Kier molecular flexibility index (Phi) is 4.71. The third-order valence-electron chi connectivity index (χ3n) is 4.02. The maximum absolute atomic E-state index is 13.9. The zero-order valence-electron chi connectivity index (χ0n) is 10.9. The molecule has 1 aliphatic carbocycles.